The molecule has 0 spiro atoms. The van der Waals surface area contributed by atoms with E-state index in [0.29, 0.717) is 0 Å². The van der Waals surface area contributed by atoms with Gasteiger partial charge < -0.3 is 10.5 Å². The van der Waals surface area contributed by atoms with E-state index in [1.54, 1.807) is 0 Å². The summed E-state index contributed by atoms with van der Waals surface area (Å²) in [5, 5.41) is 0. The molecule has 0 aliphatic carbocycles. The van der Waals surface area contributed by atoms with Crippen molar-refractivity contribution in [3.63, 3.8) is 0 Å². The third kappa shape index (κ3) is 3.46. The molecule has 1 aromatic rings. The van der Waals surface area contributed by atoms with Crippen LogP contribution in [-0.4, -0.2) is 22.8 Å². The first-order valence-corrected chi connectivity index (χ1v) is 3.75. The molecule has 0 atom stereocenters. The Morgan fingerprint density at radius 3 is 2.50 bits per heavy atom. The molecule has 0 saturated carbocycles. The van der Waals surface area contributed by atoms with E-state index in [1.807, 2.05) is 0 Å². The number of anilines is 1. The molecule has 7 heteroatoms. The maximum Gasteiger partial charge on any atom is 0.392 e. The molecular formula is C7H8F3N3O. The Hall–Kier alpha value is -1.53. The van der Waals surface area contributed by atoms with Crippen molar-refractivity contribution in [3.8, 4) is 5.88 Å². The number of aromatic nitrogens is 2. The van der Waals surface area contributed by atoms with E-state index in [0.717, 1.165) is 0 Å². The lowest BCUT2D eigenvalue weighted by atomic mass is 10.4. The molecular weight excluding hydrogens is 199 g/mol. The van der Waals surface area contributed by atoms with Crippen molar-refractivity contribution >= 4 is 5.82 Å². The van der Waals surface area contributed by atoms with E-state index in [4.69, 9.17) is 10.5 Å². The first-order valence-electron chi connectivity index (χ1n) is 3.75. The lowest BCUT2D eigenvalue weighted by Crippen LogP contribution is -2.14. The van der Waals surface area contributed by atoms with Crippen molar-refractivity contribution in [2.24, 2.45) is 0 Å². The fourth-order valence-electron chi connectivity index (χ4n) is 0.711. The topological polar surface area (TPSA) is 61.0 Å². The average molecular weight is 207 g/mol. The lowest BCUT2D eigenvalue weighted by molar-refractivity contribution is -0.139. The minimum atomic E-state index is -4.24. The van der Waals surface area contributed by atoms with E-state index in [2.05, 4.69) is 9.97 Å². The molecule has 0 aliphatic heterocycles. The van der Waals surface area contributed by atoms with E-state index in [1.165, 1.54) is 12.4 Å². The van der Waals surface area contributed by atoms with Crippen LogP contribution in [0.1, 0.15) is 6.42 Å². The van der Waals surface area contributed by atoms with Gasteiger partial charge in [0.25, 0.3) is 5.88 Å². The maximum atomic E-state index is 11.7. The smallest absolute Gasteiger partial charge is 0.392 e. The number of hydrogen-bond acceptors (Lipinski definition) is 4. The molecule has 2 N–H and O–H groups in total. The Morgan fingerprint density at radius 2 is 1.93 bits per heavy atom. The molecule has 1 aromatic heterocycles. The van der Waals surface area contributed by atoms with E-state index in [9.17, 15) is 13.2 Å². The molecule has 0 bridgehead atoms. The fraction of sp³-hybridized carbons (Fsp3) is 0.429. The standard InChI is InChI=1S/C7H8F3N3O/c8-7(9,10)1-4-14-6-5(11)12-2-3-13-6/h2-3H,1,4H2,(H2,11,12). The highest BCUT2D eigenvalue weighted by Crippen LogP contribution is 2.20. The Balaban J connectivity index is 2.43. The Kier molecular flexibility index (Phi) is 3.10. The highest BCUT2D eigenvalue weighted by atomic mass is 19.4. The van der Waals surface area contributed by atoms with E-state index in [-0.39, 0.29) is 11.7 Å². The number of alkyl halides is 3. The van der Waals surface area contributed by atoms with Gasteiger partial charge in [-0.3, -0.25) is 0 Å². The van der Waals surface area contributed by atoms with Crippen LogP contribution in [0.25, 0.3) is 0 Å². The minimum Gasteiger partial charge on any atom is -0.475 e. The second kappa shape index (κ2) is 4.12. The quantitative estimate of drug-likeness (QED) is 0.813. The number of rotatable bonds is 3. The summed E-state index contributed by atoms with van der Waals surface area (Å²) in [6.07, 6.45) is -2.66. The molecule has 14 heavy (non-hydrogen) atoms. The zero-order valence-corrected chi connectivity index (χ0v) is 7.08. The van der Waals surface area contributed by atoms with Crippen LogP contribution in [0.2, 0.25) is 0 Å². The second-order valence-corrected chi connectivity index (χ2v) is 2.46. The number of ether oxygens (including phenoxy) is 1. The number of hydrogen-bond donors (Lipinski definition) is 1. The number of nitrogen functional groups attached to an aromatic ring is 1. The van der Waals surface area contributed by atoms with Gasteiger partial charge >= 0.3 is 6.18 Å². The summed E-state index contributed by atoms with van der Waals surface area (Å²) >= 11 is 0. The monoisotopic (exact) mass is 207 g/mol. The predicted molar refractivity (Wildman–Crippen MR) is 42.6 cm³/mol. The Labute approximate surface area is 77.9 Å². The van der Waals surface area contributed by atoms with Gasteiger partial charge in [-0.2, -0.15) is 13.2 Å². The number of halogens is 3. The van der Waals surface area contributed by atoms with Gasteiger partial charge in [0.15, 0.2) is 5.82 Å². The molecule has 0 saturated heterocycles. The highest BCUT2D eigenvalue weighted by molar-refractivity contribution is 5.38. The second-order valence-electron chi connectivity index (χ2n) is 2.46. The molecule has 1 heterocycles. The van der Waals surface area contributed by atoms with Crippen LogP contribution in [-0.2, 0) is 0 Å². The van der Waals surface area contributed by atoms with Gasteiger partial charge in [-0.15, -0.1) is 0 Å². The van der Waals surface area contributed by atoms with Crippen LogP contribution in [0.5, 0.6) is 5.88 Å². The SMILES string of the molecule is Nc1nccnc1OCCC(F)(F)F. The van der Waals surface area contributed by atoms with Gasteiger partial charge in [-0.1, -0.05) is 0 Å². The third-order valence-electron chi connectivity index (χ3n) is 1.32. The third-order valence-corrected chi connectivity index (χ3v) is 1.32. The lowest BCUT2D eigenvalue weighted by Gasteiger charge is -2.08. The summed E-state index contributed by atoms with van der Waals surface area (Å²) in [6.45, 7) is -0.508. The van der Waals surface area contributed by atoms with Crippen LogP contribution in [0.3, 0.4) is 0 Å². The first kappa shape index (κ1) is 10.6. The summed E-state index contributed by atoms with van der Waals surface area (Å²) in [5.41, 5.74) is 5.29. The molecule has 0 radical (unpaired) electrons. The van der Waals surface area contributed by atoms with Crippen molar-refractivity contribution < 1.29 is 17.9 Å². The zero-order valence-electron chi connectivity index (χ0n) is 7.08. The maximum absolute atomic E-state index is 11.7. The molecule has 0 fully saturated rings. The summed E-state index contributed by atoms with van der Waals surface area (Å²) in [5.74, 6) is -0.0913. The van der Waals surface area contributed by atoms with Gasteiger partial charge in [0.1, 0.15) is 0 Å². The van der Waals surface area contributed by atoms with Crippen LogP contribution in [0, 0.1) is 0 Å². The van der Waals surface area contributed by atoms with Crippen LogP contribution in [0.15, 0.2) is 12.4 Å². The van der Waals surface area contributed by atoms with Gasteiger partial charge in [0, 0.05) is 12.4 Å². The summed E-state index contributed by atoms with van der Waals surface area (Å²) in [6, 6.07) is 0. The minimum absolute atomic E-state index is 0.0188. The van der Waals surface area contributed by atoms with E-state index >= 15 is 0 Å². The fourth-order valence-corrected chi connectivity index (χ4v) is 0.711. The van der Waals surface area contributed by atoms with Crippen molar-refractivity contribution in [1.82, 2.24) is 9.97 Å². The molecule has 78 valence electrons. The van der Waals surface area contributed by atoms with Gasteiger partial charge in [-0.25, -0.2) is 9.97 Å². The van der Waals surface area contributed by atoms with Crippen molar-refractivity contribution in [2.45, 2.75) is 12.6 Å². The molecule has 4 nitrogen and oxygen atoms in total. The predicted octanol–water partition coefficient (Wildman–Crippen LogP) is 1.39. The summed E-state index contributed by atoms with van der Waals surface area (Å²) < 4.78 is 39.8. The van der Waals surface area contributed by atoms with Crippen molar-refractivity contribution in [2.75, 3.05) is 12.3 Å². The average Bonchev–Trinajstić information content (AvgIpc) is 2.06. The van der Waals surface area contributed by atoms with Gasteiger partial charge in [0.05, 0.1) is 13.0 Å². The number of nitrogens with two attached hydrogens (primary N) is 1. The number of nitrogens with zero attached hydrogens (tertiary/aromatic N) is 2. The van der Waals surface area contributed by atoms with Gasteiger partial charge in [-0.05, 0) is 0 Å². The van der Waals surface area contributed by atoms with Crippen molar-refractivity contribution in [1.29, 1.82) is 0 Å². The molecule has 1 rings (SSSR count). The van der Waals surface area contributed by atoms with E-state index < -0.39 is 19.2 Å². The van der Waals surface area contributed by atoms with Crippen molar-refractivity contribution in [3.05, 3.63) is 12.4 Å². The highest BCUT2D eigenvalue weighted by Gasteiger charge is 2.27. The molecule has 0 aromatic carbocycles. The zero-order chi connectivity index (χ0) is 10.6. The molecule has 0 unspecified atom stereocenters. The normalized spacial score (nSPS) is 11.4. The Bertz CT molecular complexity index is 302. The largest absolute Gasteiger partial charge is 0.475 e. The summed E-state index contributed by atoms with van der Waals surface area (Å²) in [7, 11) is 0. The Morgan fingerprint density at radius 1 is 1.29 bits per heavy atom. The van der Waals surface area contributed by atoms with Crippen LogP contribution in [0.4, 0.5) is 19.0 Å². The molecule has 0 aliphatic rings. The van der Waals surface area contributed by atoms with Gasteiger partial charge in [0.2, 0.25) is 0 Å². The van der Waals surface area contributed by atoms with Crippen LogP contribution >= 0.6 is 0 Å². The molecule has 0 amide bonds. The first-order chi connectivity index (χ1) is 6.49. The van der Waals surface area contributed by atoms with Crippen LogP contribution < -0.4 is 10.5 Å². The summed E-state index contributed by atoms with van der Waals surface area (Å²) in [4.78, 5) is 7.22.